The molecule has 9 heteroatoms. The average molecular weight is 412 g/mol. The number of hydrogen-bond acceptors (Lipinski definition) is 5. The first-order valence-corrected chi connectivity index (χ1v) is 11.5. The van der Waals surface area contributed by atoms with Crippen molar-refractivity contribution in [2.45, 2.75) is 32.1 Å². The third-order valence-corrected chi connectivity index (χ3v) is 7.76. The molecule has 0 aliphatic carbocycles. The molecule has 2 atom stereocenters. The average Bonchev–Trinajstić information content (AvgIpc) is 2.66. The van der Waals surface area contributed by atoms with Crippen LogP contribution in [0.4, 0.5) is 11.4 Å². The van der Waals surface area contributed by atoms with E-state index in [1.165, 1.54) is 21.3 Å². The molecular weight excluding hydrogens is 380 g/mol. The van der Waals surface area contributed by atoms with Crippen molar-refractivity contribution in [2.75, 3.05) is 50.7 Å². The van der Waals surface area contributed by atoms with Gasteiger partial charge in [-0.15, -0.1) is 0 Å². The number of piperidine rings is 1. The van der Waals surface area contributed by atoms with Gasteiger partial charge in [-0.3, -0.25) is 10.1 Å². The Morgan fingerprint density at radius 3 is 2.32 bits per heavy atom. The van der Waals surface area contributed by atoms with E-state index in [-0.39, 0.29) is 22.4 Å². The SMILES string of the molecule is CC[NH+]1CCN(c2ccc(S(=O)(=O)N3C[C@@H](C)C[C@H](C)C3)cc2[N+](=O)[O-])CC1. The van der Waals surface area contributed by atoms with Crippen molar-refractivity contribution < 1.29 is 18.2 Å². The number of likely N-dealkylation sites (N-methyl/N-ethyl adjacent to an activating group) is 1. The number of piperazine rings is 1. The zero-order chi connectivity index (χ0) is 20.5. The highest BCUT2D eigenvalue weighted by molar-refractivity contribution is 7.89. The first kappa shape index (κ1) is 21.0. The summed E-state index contributed by atoms with van der Waals surface area (Å²) in [4.78, 5) is 14.7. The number of rotatable bonds is 5. The van der Waals surface area contributed by atoms with Crippen LogP contribution >= 0.6 is 0 Å². The molecule has 0 unspecified atom stereocenters. The second kappa shape index (κ2) is 8.34. The van der Waals surface area contributed by atoms with Crippen LogP contribution < -0.4 is 9.80 Å². The first-order valence-electron chi connectivity index (χ1n) is 10.1. The standard InChI is InChI=1S/C19H30N4O4S/c1-4-20-7-9-21(10-8-20)18-6-5-17(12-19(18)23(24)25)28(26,27)22-13-15(2)11-16(3)14-22/h5-6,12,15-16H,4,7-11,13-14H2,1-3H3/p+1/t15-,16-/m0/s1. The number of benzene rings is 1. The molecule has 0 spiro atoms. The molecule has 0 amide bonds. The Kier molecular flexibility index (Phi) is 6.26. The maximum Gasteiger partial charge on any atom is 0.293 e. The van der Waals surface area contributed by atoms with Gasteiger partial charge in [-0.25, -0.2) is 8.42 Å². The molecule has 0 aromatic heterocycles. The van der Waals surface area contributed by atoms with Crippen LogP contribution in [-0.2, 0) is 10.0 Å². The second-order valence-electron chi connectivity index (χ2n) is 8.27. The summed E-state index contributed by atoms with van der Waals surface area (Å²) in [7, 11) is -3.74. The Bertz CT molecular complexity index is 811. The molecule has 2 aliphatic rings. The van der Waals surface area contributed by atoms with E-state index < -0.39 is 14.9 Å². The van der Waals surface area contributed by atoms with Gasteiger partial charge in [-0.1, -0.05) is 13.8 Å². The van der Waals surface area contributed by atoms with E-state index in [2.05, 4.69) is 6.92 Å². The lowest BCUT2D eigenvalue weighted by atomic mass is 9.94. The number of anilines is 1. The molecular formula is C19H31N4O4S+. The molecule has 2 fully saturated rings. The van der Waals surface area contributed by atoms with Gasteiger partial charge >= 0.3 is 0 Å². The fraction of sp³-hybridized carbons (Fsp3) is 0.684. The van der Waals surface area contributed by atoms with Crippen LogP contribution in [0, 0.1) is 22.0 Å². The predicted octanol–water partition coefficient (Wildman–Crippen LogP) is 0.986. The maximum absolute atomic E-state index is 13.1. The largest absolute Gasteiger partial charge is 0.355 e. The Labute approximate surface area is 167 Å². The molecule has 1 aromatic carbocycles. The summed E-state index contributed by atoms with van der Waals surface area (Å²) >= 11 is 0. The van der Waals surface area contributed by atoms with Gasteiger partial charge in [0.2, 0.25) is 10.0 Å². The number of nitro benzene ring substituents is 1. The quantitative estimate of drug-likeness (QED) is 0.577. The first-order chi connectivity index (χ1) is 13.2. The zero-order valence-corrected chi connectivity index (χ0v) is 17.7. The number of quaternary nitrogens is 1. The van der Waals surface area contributed by atoms with Crippen LogP contribution in [0.15, 0.2) is 23.1 Å². The van der Waals surface area contributed by atoms with Gasteiger partial charge in [0.25, 0.3) is 5.69 Å². The minimum Gasteiger partial charge on any atom is -0.355 e. The van der Waals surface area contributed by atoms with Crippen LogP contribution in [0.5, 0.6) is 0 Å². The third kappa shape index (κ3) is 4.31. The van der Waals surface area contributed by atoms with E-state index in [1.54, 1.807) is 6.07 Å². The Balaban J connectivity index is 1.89. The Hall–Kier alpha value is -1.71. The van der Waals surface area contributed by atoms with Crippen molar-refractivity contribution in [1.29, 1.82) is 0 Å². The summed E-state index contributed by atoms with van der Waals surface area (Å²) in [6.45, 7) is 11.5. The van der Waals surface area contributed by atoms with Crippen molar-refractivity contribution in [3.63, 3.8) is 0 Å². The van der Waals surface area contributed by atoms with E-state index in [1.807, 2.05) is 18.7 Å². The number of nitro groups is 1. The van der Waals surface area contributed by atoms with Crippen LogP contribution in [-0.4, -0.2) is 63.5 Å². The Morgan fingerprint density at radius 1 is 1.18 bits per heavy atom. The molecule has 2 saturated heterocycles. The maximum atomic E-state index is 13.1. The van der Waals surface area contributed by atoms with Crippen molar-refractivity contribution in [2.24, 2.45) is 11.8 Å². The highest BCUT2D eigenvalue weighted by Crippen LogP contribution is 2.33. The molecule has 0 bridgehead atoms. The molecule has 2 aliphatic heterocycles. The van der Waals surface area contributed by atoms with Crippen LogP contribution in [0.25, 0.3) is 0 Å². The number of nitrogens with zero attached hydrogens (tertiary/aromatic N) is 3. The van der Waals surface area contributed by atoms with E-state index in [0.29, 0.717) is 18.8 Å². The van der Waals surface area contributed by atoms with Crippen molar-refractivity contribution >= 4 is 21.4 Å². The lowest BCUT2D eigenvalue weighted by molar-refractivity contribution is -0.898. The van der Waals surface area contributed by atoms with Crippen molar-refractivity contribution in [3.05, 3.63) is 28.3 Å². The summed E-state index contributed by atoms with van der Waals surface area (Å²) in [6.07, 6.45) is 0.997. The number of hydrogen-bond donors (Lipinski definition) is 1. The summed E-state index contributed by atoms with van der Waals surface area (Å²) < 4.78 is 27.7. The molecule has 8 nitrogen and oxygen atoms in total. The van der Waals surface area contributed by atoms with Crippen LogP contribution in [0.1, 0.15) is 27.2 Å². The van der Waals surface area contributed by atoms with Crippen molar-refractivity contribution in [3.8, 4) is 0 Å². The molecule has 2 heterocycles. The van der Waals surface area contributed by atoms with E-state index in [9.17, 15) is 18.5 Å². The van der Waals surface area contributed by atoms with E-state index in [0.717, 1.165) is 39.1 Å². The Morgan fingerprint density at radius 2 is 1.79 bits per heavy atom. The third-order valence-electron chi connectivity index (χ3n) is 5.93. The highest BCUT2D eigenvalue weighted by Gasteiger charge is 2.34. The molecule has 1 N–H and O–H groups in total. The van der Waals surface area contributed by atoms with Crippen molar-refractivity contribution in [1.82, 2.24) is 4.31 Å². The zero-order valence-electron chi connectivity index (χ0n) is 16.9. The minimum absolute atomic E-state index is 0.0158. The summed E-state index contributed by atoms with van der Waals surface area (Å²) in [5, 5.41) is 11.7. The minimum atomic E-state index is -3.74. The van der Waals surface area contributed by atoms with Gasteiger partial charge < -0.3 is 9.80 Å². The van der Waals surface area contributed by atoms with Crippen LogP contribution in [0.3, 0.4) is 0 Å². The van der Waals surface area contributed by atoms with Gasteiger partial charge in [0.1, 0.15) is 5.69 Å². The topological polar surface area (TPSA) is 88.2 Å². The molecule has 3 rings (SSSR count). The monoisotopic (exact) mass is 411 g/mol. The van der Waals surface area contributed by atoms with Gasteiger partial charge in [0.05, 0.1) is 42.5 Å². The van der Waals surface area contributed by atoms with Gasteiger partial charge in [0, 0.05) is 19.2 Å². The number of nitrogens with one attached hydrogen (secondary N) is 1. The summed E-state index contributed by atoms with van der Waals surface area (Å²) in [5.74, 6) is 0.565. The van der Waals surface area contributed by atoms with Gasteiger partial charge in [-0.05, 0) is 37.3 Å². The molecule has 0 saturated carbocycles. The lowest BCUT2D eigenvalue weighted by Crippen LogP contribution is -3.14. The number of sulfonamides is 1. The molecule has 0 radical (unpaired) electrons. The smallest absolute Gasteiger partial charge is 0.293 e. The fourth-order valence-corrected chi connectivity index (χ4v) is 6.15. The summed E-state index contributed by atoms with van der Waals surface area (Å²) in [6, 6.07) is 4.38. The van der Waals surface area contributed by atoms with Gasteiger partial charge in [0.15, 0.2) is 0 Å². The van der Waals surface area contributed by atoms with Crippen LogP contribution in [0.2, 0.25) is 0 Å². The summed E-state index contributed by atoms with van der Waals surface area (Å²) in [5.41, 5.74) is 0.388. The van der Waals surface area contributed by atoms with E-state index >= 15 is 0 Å². The molecule has 1 aromatic rings. The van der Waals surface area contributed by atoms with E-state index in [4.69, 9.17) is 0 Å². The second-order valence-corrected chi connectivity index (χ2v) is 10.2. The molecule has 156 valence electrons. The van der Waals surface area contributed by atoms with Gasteiger partial charge in [-0.2, -0.15) is 4.31 Å². The molecule has 28 heavy (non-hydrogen) atoms. The highest BCUT2D eigenvalue weighted by atomic mass is 32.2. The predicted molar refractivity (Wildman–Crippen MR) is 108 cm³/mol. The fourth-order valence-electron chi connectivity index (χ4n) is 4.45. The normalized spacial score (nSPS) is 25.0. The lowest BCUT2D eigenvalue weighted by Gasteiger charge is -2.34.